The topological polar surface area (TPSA) is 351 Å². The van der Waals surface area contributed by atoms with E-state index in [9.17, 15) is 59.2 Å². The SMILES string of the molecule is CCC(O)CC(O)CCCC(O)CC(O)C[C@H](C)O.CCC1CC(CCCC(O)CC2C[C@H](C)OC(c3cccc(O)c3O)O2)OC(c2cccc(O)c2O)O1.CS(=O)(=O)O.O=Cc1cccc(O)c1O. The van der Waals surface area contributed by atoms with Crippen LogP contribution >= 0.6 is 0 Å². The lowest BCUT2D eigenvalue weighted by Crippen LogP contribution is -2.35. The Kier molecular flexibility index (Phi) is 28.2. The first kappa shape index (κ1) is 62.8. The second-order valence-corrected chi connectivity index (χ2v) is 19.6. The number of aromatic hydroxyl groups is 6. The number of benzene rings is 3. The first-order valence-electron chi connectivity index (χ1n) is 24.0. The number of rotatable bonds is 21. The van der Waals surface area contributed by atoms with E-state index in [0.717, 1.165) is 25.7 Å². The molecule has 21 heteroatoms. The van der Waals surface area contributed by atoms with Gasteiger partial charge in [-0.3, -0.25) is 9.35 Å². The summed E-state index contributed by atoms with van der Waals surface area (Å²) in [5, 5.41) is 116. The normalized spacial score (nSPS) is 22.6. The van der Waals surface area contributed by atoms with Crippen molar-refractivity contribution < 1.29 is 98.0 Å². The Bertz CT molecular complexity index is 2080. The van der Waals surface area contributed by atoms with Gasteiger partial charge in [0.2, 0.25) is 0 Å². The van der Waals surface area contributed by atoms with Gasteiger partial charge in [0, 0.05) is 6.42 Å². The van der Waals surface area contributed by atoms with Gasteiger partial charge < -0.3 is 80.2 Å². The highest BCUT2D eigenvalue weighted by atomic mass is 32.2. The fourth-order valence-electron chi connectivity index (χ4n) is 7.81. The average molecular weight is 1030 g/mol. The van der Waals surface area contributed by atoms with E-state index in [4.69, 9.17) is 38.8 Å². The largest absolute Gasteiger partial charge is 0.504 e. The maximum absolute atomic E-state index is 10.7. The van der Waals surface area contributed by atoms with Crippen LogP contribution in [0.15, 0.2) is 54.6 Å². The molecule has 2 saturated heterocycles. The monoisotopic (exact) mass is 1030 g/mol. The molecule has 0 radical (unpaired) electrons. The number of carbonyl (C=O) groups is 1. The minimum absolute atomic E-state index is 0.0293. The van der Waals surface area contributed by atoms with Crippen molar-refractivity contribution in [2.45, 2.75) is 191 Å². The molecule has 12 atom stereocenters. The van der Waals surface area contributed by atoms with Gasteiger partial charge in [0.1, 0.15) is 0 Å². The molecule has 3 aromatic carbocycles. The average Bonchev–Trinajstić information content (AvgIpc) is 3.28. The Hall–Kier alpha value is -4.36. The highest BCUT2D eigenvalue weighted by Gasteiger charge is 2.34. The molecule has 0 saturated carbocycles. The number of aliphatic hydroxyl groups is 6. The van der Waals surface area contributed by atoms with Gasteiger partial charge in [-0.05, 0) is 134 Å². The van der Waals surface area contributed by atoms with Gasteiger partial charge in [-0.1, -0.05) is 32.0 Å². The van der Waals surface area contributed by atoms with E-state index >= 15 is 0 Å². The fraction of sp³-hybridized carbons (Fsp3) is 0.620. The minimum Gasteiger partial charge on any atom is -0.504 e. The van der Waals surface area contributed by atoms with Crippen molar-refractivity contribution in [2.75, 3.05) is 6.26 Å². The van der Waals surface area contributed by atoms with Crippen LogP contribution in [-0.4, -0.2) is 148 Å². The molecule has 2 aliphatic heterocycles. The first-order valence-corrected chi connectivity index (χ1v) is 25.8. The van der Waals surface area contributed by atoms with E-state index in [2.05, 4.69) is 0 Å². The standard InChI is InChI=1S/C28H38O9.C14H30O5.C7H6O3.CH4O3S/c1-3-18-15-19(36-28(35-18)22-10-6-12-24(31)26(22)33)8-4-7-17(29)14-20-13-16(2)34-27(37-20)21-9-5-11-23(30)25(21)32;1-3-11(16)8-12(17)5-4-6-13(18)9-14(19)7-10(2)15;8-4-5-2-1-3-6(9)7(5)10;1-5(2,3)4/h5-6,9-12,16-20,27-33H,3-4,7-8,13-15H2,1-2H3;10-19H,3-9H2,1-2H3;1-4,9-10H;1H3,(H,2,3,4)/t16-,17?,18?,19?,20?,27?,28?;10-,11?,12?,13?,14?;;/m00../s1. The quantitative estimate of drug-likeness (QED) is 0.0336. The number of phenols is 6. The molecule has 3 aromatic rings. The molecular formula is C50H78O20S. The lowest BCUT2D eigenvalue weighted by molar-refractivity contribution is -0.250. The summed E-state index contributed by atoms with van der Waals surface area (Å²) in [5.41, 5.74) is 0.863. The van der Waals surface area contributed by atoms with E-state index in [0.29, 0.717) is 75.0 Å². The van der Waals surface area contributed by atoms with Crippen molar-refractivity contribution >= 4 is 16.4 Å². The Morgan fingerprint density at radius 2 is 1.07 bits per heavy atom. The van der Waals surface area contributed by atoms with Crippen LogP contribution in [0.3, 0.4) is 0 Å². The number of carbonyl (C=O) groups excluding carboxylic acids is 1. The van der Waals surface area contributed by atoms with Gasteiger partial charge in [0.15, 0.2) is 53.4 Å². The van der Waals surface area contributed by atoms with Gasteiger partial charge in [-0.15, -0.1) is 0 Å². The highest BCUT2D eigenvalue weighted by Crippen LogP contribution is 2.41. The predicted molar refractivity (Wildman–Crippen MR) is 261 cm³/mol. The summed E-state index contributed by atoms with van der Waals surface area (Å²) in [7, 11) is -3.67. The molecule has 0 spiro atoms. The Morgan fingerprint density at radius 1 is 0.606 bits per heavy atom. The second-order valence-electron chi connectivity index (χ2n) is 18.1. The minimum atomic E-state index is -3.67. The summed E-state index contributed by atoms with van der Waals surface area (Å²) in [6.07, 6.45) is 3.44. The number of para-hydroxylation sites is 3. The third-order valence-electron chi connectivity index (χ3n) is 11.5. The number of ether oxygens (including phenoxy) is 4. The molecule has 13 N–H and O–H groups in total. The summed E-state index contributed by atoms with van der Waals surface area (Å²) >= 11 is 0. The summed E-state index contributed by atoms with van der Waals surface area (Å²) in [6, 6.07) is 13.6. The molecule has 0 amide bonds. The Labute approximate surface area is 416 Å². The van der Waals surface area contributed by atoms with Crippen LogP contribution in [-0.2, 0) is 29.1 Å². The molecule has 2 heterocycles. The maximum atomic E-state index is 10.7. The Balaban J connectivity index is 0.000000419. The zero-order valence-corrected chi connectivity index (χ0v) is 42.0. The smallest absolute Gasteiger partial charge is 0.261 e. The van der Waals surface area contributed by atoms with Gasteiger partial charge in [-0.2, -0.15) is 8.42 Å². The van der Waals surface area contributed by atoms with Crippen LogP contribution in [0.25, 0.3) is 0 Å². The molecule has 10 unspecified atom stereocenters. The van der Waals surface area contributed by atoms with Crippen molar-refractivity contribution in [3.8, 4) is 34.5 Å². The number of aliphatic hydroxyl groups excluding tert-OH is 6. The molecule has 2 fully saturated rings. The molecule has 0 aromatic heterocycles. The molecule has 0 bridgehead atoms. The van der Waals surface area contributed by atoms with Gasteiger partial charge in [0.05, 0.1) is 84.0 Å². The third-order valence-corrected chi connectivity index (χ3v) is 11.5. The van der Waals surface area contributed by atoms with E-state index in [1.54, 1.807) is 31.2 Å². The molecule has 2 aliphatic rings. The summed E-state index contributed by atoms with van der Waals surface area (Å²) in [5.74, 6) is -1.58. The number of hydrogen-bond acceptors (Lipinski definition) is 19. The van der Waals surface area contributed by atoms with E-state index in [1.807, 2.05) is 20.8 Å². The number of phenolic OH excluding ortho intramolecular Hbond substituents is 6. The van der Waals surface area contributed by atoms with E-state index in [1.165, 1.54) is 30.3 Å². The van der Waals surface area contributed by atoms with Crippen molar-refractivity contribution in [2.24, 2.45) is 0 Å². The molecule has 20 nitrogen and oxygen atoms in total. The molecular weight excluding hydrogens is 953 g/mol. The van der Waals surface area contributed by atoms with E-state index < -0.39 is 59.3 Å². The number of hydrogen-bond donors (Lipinski definition) is 13. The summed E-state index contributed by atoms with van der Waals surface area (Å²) < 4.78 is 49.8. The molecule has 5 rings (SSSR count). The van der Waals surface area contributed by atoms with E-state index in [-0.39, 0.29) is 77.3 Å². The predicted octanol–water partition coefficient (Wildman–Crippen LogP) is 5.88. The van der Waals surface area contributed by atoms with Crippen LogP contribution in [0.2, 0.25) is 0 Å². The lowest BCUT2D eigenvalue weighted by Gasteiger charge is -2.36. The Morgan fingerprint density at radius 3 is 1.56 bits per heavy atom. The lowest BCUT2D eigenvalue weighted by atomic mass is 9.97. The van der Waals surface area contributed by atoms with Gasteiger partial charge in [-0.25, -0.2) is 0 Å². The summed E-state index contributed by atoms with van der Waals surface area (Å²) in [4.78, 5) is 10.1. The zero-order valence-electron chi connectivity index (χ0n) is 41.2. The van der Waals surface area contributed by atoms with Crippen LogP contribution in [0.1, 0.15) is 152 Å². The van der Waals surface area contributed by atoms with Gasteiger partial charge in [0.25, 0.3) is 10.1 Å². The van der Waals surface area contributed by atoms with Crippen molar-refractivity contribution in [1.29, 1.82) is 0 Å². The second kappa shape index (κ2) is 32.0. The van der Waals surface area contributed by atoms with Crippen LogP contribution in [0, 0.1) is 0 Å². The third kappa shape index (κ3) is 24.7. The first-order chi connectivity index (χ1) is 33.3. The van der Waals surface area contributed by atoms with Crippen molar-refractivity contribution in [1.82, 2.24) is 0 Å². The van der Waals surface area contributed by atoms with Crippen LogP contribution < -0.4 is 0 Å². The number of aldehydes is 1. The van der Waals surface area contributed by atoms with Crippen molar-refractivity contribution in [3.63, 3.8) is 0 Å². The highest BCUT2D eigenvalue weighted by molar-refractivity contribution is 7.85. The molecule has 0 aliphatic carbocycles. The van der Waals surface area contributed by atoms with Gasteiger partial charge >= 0.3 is 0 Å². The van der Waals surface area contributed by atoms with Crippen LogP contribution in [0.5, 0.6) is 34.5 Å². The molecule has 71 heavy (non-hydrogen) atoms. The van der Waals surface area contributed by atoms with Crippen LogP contribution in [0.4, 0.5) is 0 Å². The summed E-state index contributed by atoms with van der Waals surface area (Å²) in [6.45, 7) is 7.42. The fourth-order valence-corrected chi connectivity index (χ4v) is 7.81. The van der Waals surface area contributed by atoms with Crippen molar-refractivity contribution in [3.05, 3.63) is 71.3 Å². The maximum Gasteiger partial charge on any atom is 0.261 e. The molecule has 404 valence electrons. The zero-order chi connectivity index (χ0) is 53.4.